The van der Waals surface area contributed by atoms with Crippen LogP contribution in [0.5, 0.6) is 5.75 Å². The first-order valence-corrected chi connectivity index (χ1v) is 8.54. The maximum Gasteiger partial charge on any atom is 0.341 e. The molecule has 0 unspecified atom stereocenters. The molecule has 0 fully saturated rings. The number of rotatable bonds is 11. The van der Waals surface area contributed by atoms with Crippen LogP contribution in [-0.2, 0) is 4.74 Å². The minimum atomic E-state index is -0.351. The first kappa shape index (κ1) is 19.3. The number of benzene rings is 1. The van der Waals surface area contributed by atoms with E-state index < -0.39 is 0 Å². The Morgan fingerprint density at radius 3 is 2.52 bits per heavy atom. The Morgan fingerprint density at radius 1 is 1.13 bits per heavy atom. The molecule has 5 nitrogen and oxygen atoms in total. The first-order valence-electron chi connectivity index (χ1n) is 8.54. The highest BCUT2D eigenvalue weighted by Crippen LogP contribution is 2.23. The van der Waals surface area contributed by atoms with Crippen molar-refractivity contribution in [3.63, 3.8) is 0 Å². The summed E-state index contributed by atoms with van der Waals surface area (Å²) in [4.78, 5) is 14.5. The average molecular weight is 322 g/mol. The van der Waals surface area contributed by atoms with Crippen LogP contribution in [0.4, 0.5) is 5.69 Å². The molecule has 0 heterocycles. The molecule has 130 valence electrons. The van der Waals surface area contributed by atoms with Gasteiger partial charge in [0.15, 0.2) is 0 Å². The highest BCUT2D eigenvalue weighted by molar-refractivity contribution is 5.93. The van der Waals surface area contributed by atoms with Crippen molar-refractivity contribution in [1.82, 2.24) is 4.90 Å². The molecule has 0 saturated carbocycles. The second-order valence-electron chi connectivity index (χ2n) is 5.47. The van der Waals surface area contributed by atoms with Gasteiger partial charge in [0.25, 0.3) is 0 Å². The van der Waals surface area contributed by atoms with Gasteiger partial charge in [-0.25, -0.2) is 4.79 Å². The van der Waals surface area contributed by atoms with E-state index in [0.717, 1.165) is 38.9 Å². The number of esters is 1. The highest BCUT2D eigenvalue weighted by Gasteiger charge is 2.14. The third-order valence-corrected chi connectivity index (χ3v) is 3.73. The van der Waals surface area contributed by atoms with E-state index in [1.54, 1.807) is 18.2 Å². The third kappa shape index (κ3) is 6.91. The van der Waals surface area contributed by atoms with Crippen LogP contribution in [0.2, 0.25) is 0 Å². The molecule has 0 saturated heterocycles. The molecule has 1 rings (SSSR count). The molecule has 0 radical (unpaired) electrons. The van der Waals surface area contributed by atoms with Crippen LogP contribution in [0.15, 0.2) is 18.2 Å². The van der Waals surface area contributed by atoms with E-state index in [9.17, 15) is 4.79 Å². The molecule has 1 aromatic carbocycles. The van der Waals surface area contributed by atoms with E-state index in [0.29, 0.717) is 30.2 Å². The lowest BCUT2D eigenvalue weighted by Gasteiger charge is -2.17. The monoisotopic (exact) mass is 322 g/mol. The predicted octanol–water partition coefficient (Wildman–Crippen LogP) is 3.34. The largest absolute Gasteiger partial charge is 0.493 e. The van der Waals surface area contributed by atoms with E-state index in [1.807, 2.05) is 0 Å². The molecular formula is C18H30N2O3. The van der Waals surface area contributed by atoms with Gasteiger partial charge in [-0.15, -0.1) is 0 Å². The Hall–Kier alpha value is -1.75. The van der Waals surface area contributed by atoms with Crippen molar-refractivity contribution in [3.05, 3.63) is 23.8 Å². The summed E-state index contributed by atoms with van der Waals surface area (Å²) in [5.41, 5.74) is 6.80. The SMILES string of the molecule is CCCCOc1cc(N)ccc1C(=O)OCCCN(CC)CC. The topological polar surface area (TPSA) is 64.8 Å². The van der Waals surface area contributed by atoms with Gasteiger partial charge in [-0.1, -0.05) is 27.2 Å². The fraction of sp³-hybridized carbons (Fsp3) is 0.611. The van der Waals surface area contributed by atoms with Crippen LogP contribution >= 0.6 is 0 Å². The van der Waals surface area contributed by atoms with Crippen molar-refractivity contribution in [2.75, 3.05) is 38.6 Å². The molecule has 0 aromatic heterocycles. The summed E-state index contributed by atoms with van der Waals surface area (Å²) in [6.07, 6.45) is 2.80. The summed E-state index contributed by atoms with van der Waals surface area (Å²) in [5, 5.41) is 0. The molecule has 0 aliphatic carbocycles. The Balaban J connectivity index is 2.54. The summed E-state index contributed by atoms with van der Waals surface area (Å²) in [6, 6.07) is 5.05. The Kier molecular flexibility index (Phi) is 9.14. The van der Waals surface area contributed by atoms with E-state index in [-0.39, 0.29) is 5.97 Å². The second-order valence-corrected chi connectivity index (χ2v) is 5.47. The minimum Gasteiger partial charge on any atom is -0.493 e. The highest BCUT2D eigenvalue weighted by atomic mass is 16.5. The number of hydrogen-bond donors (Lipinski definition) is 1. The van der Waals surface area contributed by atoms with Crippen LogP contribution in [-0.4, -0.2) is 43.7 Å². The summed E-state index contributed by atoms with van der Waals surface area (Å²) >= 11 is 0. The second kappa shape index (κ2) is 10.9. The summed E-state index contributed by atoms with van der Waals surface area (Å²) in [7, 11) is 0. The van der Waals surface area contributed by atoms with Crippen LogP contribution < -0.4 is 10.5 Å². The number of anilines is 1. The molecule has 0 bridgehead atoms. The van der Waals surface area contributed by atoms with Crippen molar-refractivity contribution in [2.24, 2.45) is 0 Å². The van der Waals surface area contributed by atoms with Gasteiger partial charge >= 0.3 is 5.97 Å². The zero-order valence-corrected chi connectivity index (χ0v) is 14.6. The van der Waals surface area contributed by atoms with E-state index in [1.165, 1.54) is 0 Å². The lowest BCUT2D eigenvalue weighted by atomic mass is 10.2. The van der Waals surface area contributed by atoms with Crippen LogP contribution in [0.25, 0.3) is 0 Å². The van der Waals surface area contributed by atoms with Crippen molar-refractivity contribution in [1.29, 1.82) is 0 Å². The summed E-state index contributed by atoms with van der Waals surface area (Å²) in [6.45, 7) is 10.3. The van der Waals surface area contributed by atoms with Gasteiger partial charge in [-0.3, -0.25) is 0 Å². The molecule has 0 aliphatic heterocycles. The van der Waals surface area contributed by atoms with E-state index in [4.69, 9.17) is 15.2 Å². The van der Waals surface area contributed by atoms with Crippen molar-refractivity contribution in [2.45, 2.75) is 40.0 Å². The first-order chi connectivity index (χ1) is 11.1. The van der Waals surface area contributed by atoms with Gasteiger partial charge in [0, 0.05) is 18.3 Å². The molecule has 23 heavy (non-hydrogen) atoms. The van der Waals surface area contributed by atoms with Gasteiger partial charge in [0.1, 0.15) is 11.3 Å². The van der Waals surface area contributed by atoms with Gasteiger partial charge in [-0.2, -0.15) is 0 Å². The van der Waals surface area contributed by atoms with Gasteiger partial charge in [-0.05, 0) is 38.1 Å². The summed E-state index contributed by atoms with van der Waals surface area (Å²) < 4.78 is 11.0. The zero-order valence-electron chi connectivity index (χ0n) is 14.6. The molecule has 2 N–H and O–H groups in total. The maximum absolute atomic E-state index is 12.2. The zero-order chi connectivity index (χ0) is 17.1. The Bertz CT molecular complexity index is 473. The van der Waals surface area contributed by atoms with E-state index in [2.05, 4.69) is 25.7 Å². The predicted molar refractivity (Wildman–Crippen MR) is 93.9 cm³/mol. The number of nitrogen functional groups attached to an aromatic ring is 1. The average Bonchev–Trinajstić information content (AvgIpc) is 2.55. The molecule has 0 atom stereocenters. The number of unbranched alkanes of at least 4 members (excludes halogenated alkanes) is 1. The lowest BCUT2D eigenvalue weighted by Crippen LogP contribution is -2.25. The minimum absolute atomic E-state index is 0.351. The van der Waals surface area contributed by atoms with Gasteiger partial charge < -0.3 is 20.1 Å². The number of hydrogen-bond acceptors (Lipinski definition) is 5. The number of carbonyl (C=O) groups excluding carboxylic acids is 1. The van der Waals surface area contributed by atoms with E-state index >= 15 is 0 Å². The van der Waals surface area contributed by atoms with Crippen molar-refractivity contribution < 1.29 is 14.3 Å². The summed E-state index contributed by atoms with van der Waals surface area (Å²) in [5.74, 6) is 0.156. The normalized spacial score (nSPS) is 10.8. The standard InChI is InChI=1S/C18H30N2O3/c1-4-7-12-22-17-14-15(19)9-10-16(17)18(21)23-13-8-11-20(5-2)6-3/h9-10,14H,4-8,11-13,19H2,1-3H3. The fourth-order valence-corrected chi connectivity index (χ4v) is 2.22. The molecule has 0 aliphatic rings. The number of carbonyl (C=O) groups is 1. The van der Waals surface area contributed by atoms with Crippen molar-refractivity contribution >= 4 is 11.7 Å². The Morgan fingerprint density at radius 2 is 1.87 bits per heavy atom. The lowest BCUT2D eigenvalue weighted by molar-refractivity contribution is 0.0485. The number of nitrogens with zero attached hydrogens (tertiary/aromatic N) is 1. The number of ether oxygens (including phenoxy) is 2. The molecule has 0 amide bonds. The van der Waals surface area contributed by atoms with Gasteiger partial charge in [0.2, 0.25) is 0 Å². The molecular weight excluding hydrogens is 292 g/mol. The number of nitrogens with two attached hydrogens (primary N) is 1. The molecule has 1 aromatic rings. The fourth-order valence-electron chi connectivity index (χ4n) is 2.22. The molecule has 5 heteroatoms. The van der Waals surface area contributed by atoms with Crippen LogP contribution in [0.1, 0.15) is 50.4 Å². The third-order valence-electron chi connectivity index (χ3n) is 3.73. The smallest absolute Gasteiger partial charge is 0.341 e. The Labute approximate surface area is 139 Å². The molecule has 0 spiro atoms. The van der Waals surface area contributed by atoms with Crippen LogP contribution in [0.3, 0.4) is 0 Å². The quantitative estimate of drug-likeness (QED) is 0.384. The maximum atomic E-state index is 12.2. The van der Waals surface area contributed by atoms with Crippen LogP contribution in [0, 0.1) is 0 Å². The van der Waals surface area contributed by atoms with Gasteiger partial charge in [0.05, 0.1) is 13.2 Å². The van der Waals surface area contributed by atoms with Crippen molar-refractivity contribution in [3.8, 4) is 5.75 Å².